The highest BCUT2D eigenvalue weighted by atomic mass is 35.5. The minimum Gasteiger partial charge on any atom is -0.444 e. The summed E-state index contributed by atoms with van der Waals surface area (Å²) >= 11 is 31.0. The Labute approximate surface area is 740 Å². The Balaban J connectivity index is 0.000000152. The molecule has 0 bridgehead atoms. The number of nitrogens with zero attached hydrogens (tertiary/aromatic N) is 15. The van der Waals surface area contributed by atoms with E-state index in [9.17, 15) is 38.4 Å². The topological polar surface area (TPSA) is 414 Å². The van der Waals surface area contributed by atoms with E-state index in [1.165, 1.54) is 35.6 Å². The lowest BCUT2D eigenvalue weighted by Gasteiger charge is -2.33. The number of imidazole rings is 7. The normalized spacial score (nSPS) is 12.7. The van der Waals surface area contributed by atoms with Crippen molar-refractivity contribution in [2.24, 2.45) is 5.92 Å². The Morgan fingerprint density at radius 2 is 0.919 bits per heavy atom. The highest BCUT2D eigenvalue weighted by Crippen LogP contribution is 2.30. The number of H-pyrrole nitrogens is 7. The third-order valence-electron chi connectivity index (χ3n) is 20.3. The number of aliphatic hydroxyl groups excluding tert-OH is 1. The minimum absolute atomic E-state index is 0.00482. The number of carbonyl (C=O) groups excluding carboxylic acids is 1. The summed E-state index contributed by atoms with van der Waals surface area (Å²) in [5.74, 6) is 0.536. The van der Waals surface area contributed by atoms with Gasteiger partial charge in [0, 0.05) is 126 Å². The van der Waals surface area contributed by atoms with Gasteiger partial charge in [-0.2, -0.15) is 11.3 Å². The molecule has 124 heavy (non-hydrogen) atoms. The van der Waals surface area contributed by atoms with Gasteiger partial charge in [0.15, 0.2) is 39.5 Å². The number of aromatic amines is 7. The van der Waals surface area contributed by atoms with Crippen molar-refractivity contribution < 1.29 is 19.4 Å². The van der Waals surface area contributed by atoms with E-state index in [1.54, 1.807) is 71.0 Å². The zero-order valence-electron chi connectivity index (χ0n) is 71.4. The first-order chi connectivity index (χ1) is 59.3. The van der Waals surface area contributed by atoms with Crippen LogP contribution in [0.3, 0.4) is 0 Å². The van der Waals surface area contributed by atoms with E-state index in [-0.39, 0.29) is 76.7 Å². The van der Waals surface area contributed by atoms with Crippen LogP contribution >= 0.6 is 69.3 Å². The molecule has 0 spiro atoms. The fourth-order valence-corrected chi connectivity index (χ4v) is 16.0. The van der Waals surface area contributed by atoms with Crippen LogP contribution in [0, 0.1) is 5.92 Å². The number of likely N-dealkylation sites (tertiary alicyclic amines) is 1. The molecule has 33 nitrogen and oxygen atoms in total. The van der Waals surface area contributed by atoms with Crippen molar-refractivity contribution in [3.05, 3.63) is 213 Å². The smallest absolute Gasteiger partial charge is 0.410 e. The quantitative estimate of drug-likeness (QED) is 0.0310. The van der Waals surface area contributed by atoms with Crippen molar-refractivity contribution in [2.75, 3.05) is 32.9 Å². The largest absolute Gasteiger partial charge is 0.444 e. The molecule has 1 aliphatic heterocycles. The molecule has 16 rings (SSSR count). The number of allylic oxidation sites excluding steroid dienone is 1. The zero-order valence-corrected chi connectivity index (χ0v) is 76.0. The van der Waals surface area contributed by atoms with Crippen molar-refractivity contribution in [3.8, 4) is 11.1 Å². The first kappa shape index (κ1) is 95.3. The van der Waals surface area contributed by atoms with E-state index < -0.39 is 5.60 Å². The van der Waals surface area contributed by atoms with Crippen molar-refractivity contribution in [2.45, 2.75) is 197 Å². The minimum atomic E-state index is -0.510. The number of aryl methyl sites for hydroxylation is 3. The summed E-state index contributed by atoms with van der Waals surface area (Å²) in [7, 11) is 0. The molecule has 1 amide bonds. The third-order valence-corrected chi connectivity index (χ3v) is 22.0. The number of hydrogen-bond acceptors (Lipinski definition) is 19. The molecule has 15 aromatic heterocycles. The van der Waals surface area contributed by atoms with Gasteiger partial charge in [-0.05, 0) is 183 Å². The van der Waals surface area contributed by atoms with Crippen LogP contribution in [-0.2, 0) is 29.1 Å². The van der Waals surface area contributed by atoms with E-state index in [0.29, 0.717) is 147 Å². The van der Waals surface area contributed by atoms with E-state index in [1.807, 2.05) is 87.4 Å². The summed E-state index contributed by atoms with van der Waals surface area (Å²) in [6.45, 7) is 30.2. The average Bonchev–Trinajstić information content (AvgIpc) is 1.65. The number of piperidine rings is 1. The first-order valence-electron chi connectivity index (χ1n) is 41.1. The molecule has 1 fully saturated rings. The zero-order chi connectivity index (χ0) is 89.8. The van der Waals surface area contributed by atoms with E-state index >= 15 is 0 Å². The molecule has 0 aromatic carbocycles. The summed E-state index contributed by atoms with van der Waals surface area (Å²) < 4.78 is 22.5. The highest BCUT2D eigenvalue weighted by molar-refractivity contribution is 7.08. The van der Waals surface area contributed by atoms with Crippen LogP contribution in [0.4, 0.5) is 4.79 Å². The van der Waals surface area contributed by atoms with Crippen LogP contribution in [0.25, 0.3) is 95.4 Å². The fraction of sp³-hybridized carbons (Fsp3) is 0.424. The predicted octanol–water partition coefficient (Wildman–Crippen LogP) is 16.8. The lowest BCUT2D eigenvalue weighted by Crippen LogP contribution is -2.43. The molecule has 15 aromatic rings. The number of aliphatic hydroxyl groups is 1. The number of carbonyl (C=O) groups is 1. The molecule has 0 saturated carbocycles. The van der Waals surface area contributed by atoms with Crippen molar-refractivity contribution in [3.63, 3.8) is 0 Å². The summed E-state index contributed by atoms with van der Waals surface area (Å²) in [5, 5.41) is 15.4. The molecule has 1 aliphatic rings. The maximum absolute atomic E-state index is 12.3. The van der Waals surface area contributed by atoms with Crippen LogP contribution < -0.4 is 39.8 Å². The second-order valence-electron chi connectivity index (χ2n) is 30.6. The Morgan fingerprint density at radius 1 is 0.516 bits per heavy atom. The van der Waals surface area contributed by atoms with Gasteiger partial charge in [0.2, 0.25) is 0 Å². The van der Waals surface area contributed by atoms with Crippen LogP contribution in [0.5, 0.6) is 0 Å². The Hall–Kier alpha value is -11.0. The van der Waals surface area contributed by atoms with Crippen molar-refractivity contribution in [1.29, 1.82) is 0 Å². The molecule has 8 N–H and O–H groups in total. The number of pyridine rings is 7. The Bertz CT molecular complexity index is 6570. The Morgan fingerprint density at radius 3 is 1.36 bits per heavy atom. The molecule has 1 saturated heterocycles. The SMILES string of the molecule is C/C=C\c1cnc2[nH]c(=O)n(C(CC)CC)c2c1.CC(C)(C)OC(=O)N1CCC(n2c(=O)[nH]c3ncc(Cl)cc32)CC1.CC(C)CC(C)n1c(=O)[nH]c2ncc(Cl)cc21.CCC(CC)n1c(=O)[nH]c2ncc(-c3ccsc3)cc21.CCOCCCn1c(=O)[nH]c2ncc(Cl)cc21.CCn1c(=O)[nH]c2ncc(Cl)cc21.O=c1[nH]c2ncc(Cl)cc2n1CCCO. The van der Waals surface area contributed by atoms with Gasteiger partial charge in [-0.25, -0.2) is 73.2 Å². The molecule has 0 aliphatic carbocycles. The second kappa shape index (κ2) is 44.1. The predicted molar refractivity (Wildman–Crippen MR) is 494 cm³/mol. The number of hydrogen-bond donors (Lipinski definition) is 8. The maximum Gasteiger partial charge on any atom is 0.410 e. The number of rotatable bonds is 21. The fourth-order valence-electron chi connectivity index (χ4n) is 14.6. The number of halogens is 5. The van der Waals surface area contributed by atoms with E-state index in [2.05, 4.69) is 129 Å². The second-order valence-corrected chi connectivity index (χ2v) is 33.6. The number of fused-ring (bicyclic) bond motifs is 7. The van der Waals surface area contributed by atoms with Gasteiger partial charge >= 0.3 is 45.9 Å². The summed E-state index contributed by atoms with van der Waals surface area (Å²) in [5.41, 5.74) is 11.2. The van der Waals surface area contributed by atoms with Gasteiger partial charge in [0.05, 0.1) is 63.7 Å². The molecule has 1 unspecified atom stereocenters. The van der Waals surface area contributed by atoms with E-state index in [0.717, 1.165) is 82.8 Å². The summed E-state index contributed by atoms with van der Waals surface area (Å²) in [6.07, 6.45) is 22.2. The van der Waals surface area contributed by atoms with Gasteiger partial charge in [-0.1, -0.05) is 112 Å². The number of amides is 1. The molecular weight excluding hydrogens is 1710 g/mol. The third kappa shape index (κ3) is 23.9. The lowest BCUT2D eigenvalue weighted by atomic mass is 10.1. The summed E-state index contributed by atoms with van der Waals surface area (Å²) in [4.78, 5) is 145. The Kier molecular flexibility index (Phi) is 33.8. The van der Waals surface area contributed by atoms with Crippen LogP contribution in [0.15, 0.2) is 142 Å². The standard InChI is InChI=1S/C16H21ClN4O3.C15H17N3OS.C14H19N3O.C12H16ClN3O.C11H14ClN3O2.C9H10ClN3O2.C8H8ClN3O/c1-16(2,3)24-15(23)20-6-4-11(5-7-20)21-12-8-10(17)9-18-13(12)19-14(21)22;1-3-12(4-2)18-13-7-11(10-5-6-20-9-10)8-16-14(13)17-15(18)19;1-4-7-10-8-12-13(15-9-10)16-14(18)17(12)11(5-2)6-3;1-7(2)4-8(3)16-10-5-9(13)6-14-11(10)15-12(16)17;1-2-17-5-3-4-15-9-6-8(12)7-13-10(9)14-11(15)16;10-6-4-7-8(11-5-6)12-9(15)13(7)2-1-3-14;1-2-12-6-3-5(9)4-10-7(6)11-8(12)13/h8-9,11H,4-7H2,1-3H3,(H,18,19,22);5-9,12H,3-4H2,1-2H3,(H,16,17,19);4,7-9,11H,5-6H2,1-3H3,(H,15,16,18);5-8H,4H2,1-3H3,(H,14,15,17);6-7H,2-5H2,1H3,(H,13,14,16);4-5,14H,1-3H2,(H,11,12,15);3-4H,2H2,1H3,(H,10,11,13)/b;;7-4-;;;;. The number of nitrogens with one attached hydrogen (secondary N) is 7. The number of ether oxygens (including phenoxy) is 2. The number of aromatic nitrogens is 21. The van der Waals surface area contributed by atoms with Crippen molar-refractivity contribution >= 4 is 160 Å². The van der Waals surface area contributed by atoms with Crippen LogP contribution in [0.1, 0.15) is 178 Å². The van der Waals surface area contributed by atoms with E-state index in [4.69, 9.17) is 72.6 Å². The van der Waals surface area contributed by atoms with Crippen molar-refractivity contribution in [1.82, 2.24) is 107 Å². The molecule has 662 valence electrons. The first-order valence-corrected chi connectivity index (χ1v) is 43.9. The number of thiophene rings is 1. The lowest BCUT2D eigenvalue weighted by molar-refractivity contribution is 0.0188. The molecular formula is C85H105Cl5N22O11S. The monoisotopic (exact) mass is 1820 g/mol. The molecule has 39 heteroatoms. The van der Waals surface area contributed by atoms with Crippen LogP contribution in [0.2, 0.25) is 25.1 Å². The van der Waals surface area contributed by atoms with Crippen LogP contribution in [-0.4, -0.2) is 156 Å². The summed E-state index contributed by atoms with van der Waals surface area (Å²) in [6, 6.07) is 15.4. The molecule has 0 radical (unpaired) electrons. The van der Waals surface area contributed by atoms with Gasteiger partial charge in [0.25, 0.3) is 0 Å². The highest BCUT2D eigenvalue weighted by Gasteiger charge is 2.30. The average molecular weight is 1820 g/mol. The van der Waals surface area contributed by atoms with Gasteiger partial charge in [0.1, 0.15) is 5.60 Å². The molecule has 16 heterocycles. The van der Waals surface area contributed by atoms with Gasteiger partial charge in [-0.15, -0.1) is 0 Å². The van der Waals surface area contributed by atoms with Gasteiger partial charge in [-0.3, -0.25) is 66.9 Å². The molecule has 1 atom stereocenters. The van der Waals surface area contributed by atoms with Gasteiger partial charge < -0.3 is 19.5 Å². The maximum atomic E-state index is 12.3.